The Morgan fingerprint density at radius 2 is 1.91 bits per heavy atom. The molecule has 2 aromatic heterocycles. The number of anilines is 2. The highest BCUT2D eigenvalue weighted by molar-refractivity contribution is 6.07. The predicted octanol–water partition coefficient (Wildman–Crippen LogP) is 2.79. The van der Waals surface area contributed by atoms with Crippen LogP contribution in [-0.2, 0) is 0 Å². The van der Waals surface area contributed by atoms with Crippen molar-refractivity contribution < 1.29 is 4.79 Å². The smallest absolute Gasteiger partial charge is 0.259 e. The third-order valence-corrected chi connectivity index (χ3v) is 3.45. The number of benzene rings is 1. The molecule has 3 rings (SSSR count). The van der Waals surface area contributed by atoms with Gasteiger partial charge < -0.3 is 10.2 Å². The average molecular weight is 307 g/mol. The Bertz CT molecular complexity index is 793. The van der Waals surface area contributed by atoms with E-state index in [2.05, 4.69) is 20.5 Å². The van der Waals surface area contributed by atoms with Crippen LogP contribution in [0.3, 0.4) is 0 Å². The van der Waals surface area contributed by atoms with Crippen LogP contribution in [0.1, 0.15) is 10.4 Å². The van der Waals surface area contributed by atoms with Gasteiger partial charge in [-0.25, -0.2) is 0 Å². The first-order valence-corrected chi connectivity index (χ1v) is 7.18. The number of hydrogen-bond acceptors (Lipinski definition) is 4. The zero-order chi connectivity index (χ0) is 16.2. The topological polar surface area (TPSA) is 73.9 Å². The number of pyridine rings is 1. The number of aromatic nitrogens is 3. The first kappa shape index (κ1) is 14.8. The largest absolute Gasteiger partial charge is 0.378 e. The van der Waals surface area contributed by atoms with Crippen LogP contribution >= 0.6 is 0 Å². The van der Waals surface area contributed by atoms with Crippen LogP contribution in [0.5, 0.6) is 0 Å². The summed E-state index contributed by atoms with van der Waals surface area (Å²) < 4.78 is 0. The van der Waals surface area contributed by atoms with E-state index in [0.717, 1.165) is 11.4 Å². The summed E-state index contributed by atoms with van der Waals surface area (Å²) >= 11 is 0. The van der Waals surface area contributed by atoms with Crippen molar-refractivity contribution in [1.82, 2.24) is 15.2 Å². The average Bonchev–Trinajstić information content (AvgIpc) is 3.06. The normalized spacial score (nSPS) is 10.3. The van der Waals surface area contributed by atoms with Gasteiger partial charge in [0, 0.05) is 31.7 Å². The molecule has 2 heterocycles. The summed E-state index contributed by atoms with van der Waals surface area (Å²) in [6.07, 6.45) is 3.19. The SMILES string of the molecule is CN(C)c1ccc(NC(=O)c2cn[nH]c2-c2ccccn2)cc1. The van der Waals surface area contributed by atoms with Crippen LogP contribution in [0.4, 0.5) is 11.4 Å². The van der Waals surface area contributed by atoms with E-state index in [4.69, 9.17) is 0 Å². The number of hydrogen-bond donors (Lipinski definition) is 2. The molecule has 0 aliphatic heterocycles. The van der Waals surface area contributed by atoms with E-state index in [9.17, 15) is 4.79 Å². The van der Waals surface area contributed by atoms with E-state index < -0.39 is 0 Å². The van der Waals surface area contributed by atoms with Gasteiger partial charge in [0.1, 0.15) is 0 Å². The lowest BCUT2D eigenvalue weighted by molar-refractivity contribution is 0.102. The van der Waals surface area contributed by atoms with Crippen molar-refractivity contribution in [3.63, 3.8) is 0 Å². The van der Waals surface area contributed by atoms with Crippen LogP contribution in [0, 0.1) is 0 Å². The van der Waals surface area contributed by atoms with Crippen molar-refractivity contribution in [3.8, 4) is 11.4 Å². The number of nitrogens with zero attached hydrogens (tertiary/aromatic N) is 3. The van der Waals surface area contributed by atoms with Crippen LogP contribution < -0.4 is 10.2 Å². The maximum absolute atomic E-state index is 12.5. The quantitative estimate of drug-likeness (QED) is 0.777. The van der Waals surface area contributed by atoms with Gasteiger partial charge in [-0.15, -0.1) is 0 Å². The second-order valence-corrected chi connectivity index (χ2v) is 5.27. The Morgan fingerprint density at radius 3 is 2.57 bits per heavy atom. The molecule has 0 saturated carbocycles. The van der Waals surface area contributed by atoms with Gasteiger partial charge in [0.05, 0.1) is 23.1 Å². The molecular weight excluding hydrogens is 290 g/mol. The fourth-order valence-corrected chi connectivity index (χ4v) is 2.21. The highest BCUT2D eigenvalue weighted by Gasteiger charge is 2.16. The molecule has 23 heavy (non-hydrogen) atoms. The molecule has 6 heteroatoms. The highest BCUT2D eigenvalue weighted by atomic mass is 16.1. The number of rotatable bonds is 4. The summed E-state index contributed by atoms with van der Waals surface area (Å²) in [6.45, 7) is 0. The van der Waals surface area contributed by atoms with E-state index in [-0.39, 0.29) is 5.91 Å². The fraction of sp³-hybridized carbons (Fsp3) is 0.118. The predicted molar refractivity (Wildman–Crippen MR) is 90.5 cm³/mol. The molecule has 0 spiro atoms. The van der Waals surface area contributed by atoms with E-state index in [1.165, 1.54) is 6.20 Å². The van der Waals surface area contributed by atoms with Crippen molar-refractivity contribution in [1.29, 1.82) is 0 Å². The van der Waals surface area contributed by atoms with Gasteiger partial charge in [-0.05, 0) is 36.4 Å². The van der Waals surface area contributed by atoms with Crippen LogP contribution in [0.2, 0.25) is 0 Å². The number of H-pyrrole nitrogens is 1. The van der Waals surface area contributed by atoms with Gasteiger partial charge in [0.2, 0.25) is 0 Å². The monoisotopic (exact) mass is 307 g/mol. The van der Waals surface area contributed by atoms with Crippen molar-refractivity contribution in [3.05, 3.63) is 60.4 Å². The number of carbonyl (C=O) groups excluding carboxylic acids is 1. The maximum atomic E-state index is 12.5. The van der Waals surface area contributed by atoms with Gasteiger partial charge in [-0.1, -0.05) is 6.07 Å². The first-order chi connectivity index (χ1) is 11.1. The van der Waals surface area contributed by atoms with E-state index in [0.29, 0.717) is 17.0 Å². The van der Waals surface area contributed by atoms with Crippen molar-refractivity contribution in [2.75, 3.05) is 24.3 Å². The molecule has 1 amide bonds. The molecule has 0 fully saturated rings. The molecule has 116 valence electrons. The van der Waals surface area contributed by atoms with E-state index in [1.807, 2.05) is 61.5 Å². The third-order valence-electron chi connectivity index (χ3n) is 3.45. The summed E-state index contributed by atoms with van der Waals surface area (Å²) in [5, 5.41) is 9.67. The highest BCUT2D eigenvalue weighted by Crippen LogP contribution is 2.21. The molecular formula is C17H17N5O. The van der Waals surface area contributed by atoms with E-state index in [1.54, 1.807) is 6.20 Å². The van der Waals surface area contributed by atoms with Gasteiger partial charge in [0.25, 0.3) is 5.91 Å². The Balaban J connectivity index is 1.81. The summed E-state index contributed by atoms with van der Waals surface area (Å²) in [7, 11) is 3.94. The zero-order valence-corrected chi connectivity index (χ0v) is 12.9. The van der Waals surface area contributed by atoms with Crippen LogP contribution in [0.25, 0.3) is 11.4 Å². The third kappa shape index (κ3) is 3.21. The minimum atomic E-state index is -0.225. The molecule has 0 unspecified atom stereocenters. The van der Waals surface area contributed by atoms with Crippen molar-refractivity contribution in [2.45, 2.75) is 0 Å². The summed E-state index contributed by atoms with van der Waals surface area (Å²) in [4.78, 5) is 18.7. The van der Waals surface area contributed by atoms with E-state index >= 15 is 0 Å². The minimum absolute atomic E-state index is 0.225. The van der Waals surface area contributed by atoms with Gasteiger partial charge in [-0.2, -0.15) is 5.10 Å². The van der Waals surface area contributed by atoms with Crippen LogP contribution in [0.15, 0.2) is 54.9 Å². The molecule has 0 bridgehead atoms. The van der Waals surface area contributed by atoms with Crippen molar-refractivity contribution >= 4 is 17.3 Å². The molecule has 3 aromatic rings. The van der Waals surface area contributed by atoms with Crippen molar-refractivity contribution in [2.24, 2.45) is 0 Å². The number of carbonyl (C=O) groups is 1. The Labute approximate surface area is 134 Å². The standard InChI is InChI=1S/C17H17N5O/c1-22(2)13-8-6-12(7-9-13)20-17(23)14-11-19-21-16(14)15-5-3-4-10-18-15/h3-11H,1-2H3,(H,19,21)(H,20,23). The van der Waals surface area contributed by atoms with Crippen LogP contribution in [-0.4, -0.2) is 35.2 Å². The molecule has 2 N–H and O–H groups in total. The first-order valence-electron chi connectivity index (χ1n) is 7.18. The number of nitrogens with one attached hydrogen (secondary N) is 2. The molecule has 0 saturated heterocycles. The number of aromatic amines is 1. The van der Waals surface area contributed by atoms with Gasteiger partial charge in [0.15, 0.2) is 0 Å². The zero-order valence-electron chi connectivity index (χ0n) is 12.9. The molecule has 6 nitrogen and oxygen atoms in total. The molecule has 0 atom stereocenters. The lowest BCUT2D eigenvalue weighted by atomic mass is 10.1. The lowest BCUT2D eigenvalue weighted by Crippen LogP contribution is -2.13. The fourth-order valence-electron chi connectivity index (χ4n) is 2.21. The second kappa shape index (κ2) is 6.31. The minimum Gasteiger partial charge on any atom is -0.378 e. The molecule has 0 radical (unpaired) electrons. The maximum Gasteiger partial charge on any atom is 0.259 e. The second-order valence-electron chi connectivity index (χ2n) is 5.27. The Morgan fingerprint density at radius 1 is 1.13 bits per heavy atom. The molecule has 0 aliphatic rings. The Hall–Kier alpha value is -3.15. The van der Waals surface area contributed by atoms with Gasteiger partial charge >= 0.3 is 0 Å². The molecule has 1 aromatic carbocycles. The number of amides is 1. The summed E-state index contributed by atoms with van der Waals surface area (Å²) in [5.41, 5.74) is 3.54. The summed E-state index contributed by atoms with van der Waals surface area (Å²) in [6, 6.07) is 13.2. The lowest BCUT2D eigenvalue weighted by Gasteiger charge is -2.13. The molecule has 0 aliphatic carbocycles. The Kier molecular flexibility index (Phi) is 4.05. The summed E-state index contributed by atoms with van der Waals surface area (Å²) in [5.74, 6) is -0.225. The van der Waals surface area contributed by atoms with Gasteiger partial charge in [-0.3, -0.25) is 14.9 Å².